The van der Waals surface area contributed by atoms with Gasteiger partial charge in [0.15, 0.2) is 18.9 Å². The summed E-state index contributed by atoms with van der Waals surface area (Å²) in [7, 11) is 0. The van der Waals surface area contributed by atoms with Gasteiger partial charge < -0.3 is 89.9 Å². The van der Waals surface area contributed by atoms with Gasteiger partial charge in [0.25, 0.3) is 0 Å². The number of nitrogens with one attached hydrogen (secondary N) is 1. The summed E-state index contributed by atoms with van der Waals surface area (Å²) >= 11 is 0. The standard InChI is InChI=1S/C47H83NO18/c1-3-5-7-9-11-13-15-17-19-21-23-25-35(53)48-30(31(52)24-22-20-18-16-14-12-10-8-6-4-2)29-61-45-41(59)38(56)43(33(27-50)63-45)66-47-42(60)39(57)44(34(28-51)64-47)65-46-40(58)37(55)36(54)32(26-49)62-46/h6,8,14,16,22,24,30-34,36-47,49-52,54-60H,3-5,7,9-13,15,17-21,23,25-29H2,1-2H3,(H,48,53)/b8-6+,16-14+,24-22+. The van der Waals surface area contributed by atoms with E-state index in [1.54, 1.807) is 12.2 Å². The minimum atomic E-state index is -1.98. The highest BCUT2D eigenvalue weighted by Crippen LogP contribution is 2.33. The Bertz CT molecular complexity index is 1370. The molecule has 0 aliphatic carbocycles. The summed E-state index contributed by atoms with van der Waals surface area (Å²) in [4.78, 5) is 13.1. The molecule has 1 amide bonds. The molecular formula is C47H83NO18. The van der Waals surface area contributed by atoms with Crippen LogP contribution >= 0.6 is 0 Å². The average molecular weight is 950 g/mol. The molecule has 3 aliphatic rings. The first-order valence-electron chi connectivity index (χ1n) is 24.2. The number of rotatable bonds is 32. The molecule has 0 bridgehead atoms. The van der Waals surface area contributed by atoms with Crippen LogP contribution in [0.2, 0.25) is 0 Å². The van der Waals surface area contributed by atoms with Gasteiger partial charge in [0, 0.05) is 6.42 Å². The summed E-state index contributed by atoms with van der Waals surface area (Å²) in [6.45, 7) is 1.50. The van der Waals surface area contributed by atoms with Crippen LogP contribution in [0, 0.1) is 0 Å². The second-order valence-electron chi connectivity index (χ2n) is 17.5. The first-order valence-corrected chi connectivity index (χ1v) is 24.2. The lowest BCUT2D eigenvalue weighted by molar-refractivity contribution is -0.379. The average Bonchev–Trinajstić information content (AvgIpc) is 3.31. The second-order valence-corrected chi connectivity index (χ2v) is 17.5. The predicted octanol–water partition coefficient (Wildman–Crippen LogP) is 0.637. The number of allylic oxidation sites excluding steroid dienone is 5. The maximum absolute atomic E-state index is 13.1. The summed E-state index contributed by atoms with van der Waals surface area (Å²) < 4.78 is 34.0. The normalized spacial score (nSPS) is 34.1. The number of aliphatic hydroxyl groups is 11. The van der Waals surface area contributed by atoms with Crippen LogP contribution in [0.3, 0.4) is 0 Å². The fourth-order valence-electron chi connectivity index (χ4n) is 8.11. The number of hydrogen-bond donors (Lipinski definition) is 12. The van der Waals surface area contributed by atoms with Crippen LogP contribution in [-0.2, 0) is 33.2 Å². The fourth-order valence-corrected chi connectivity index (χ4v) is 8.11. The van der Waals surface area contributed by atoms with Crippen LogP contribution in [0.1, 0.15) is 123 Å². The number of hydrogen-bond acceptors (Lipinski definition) is 18. The Morgan fingerprint density at radius 1 is 0.545 bits per heavy atom. The molecule has 3 heterocycles. The maximum Gasteiger partial charge on any atom is 0.220 e. The van der Waals surface area contributed by atoms with Gasteiger partial charge in [-0.3, -0.25) is 4.79 Å². The molecule has 3 saturated heterocycles. The van der Waals surface area contributed by atoms with E-state index in [4.69, 9.17) is 28.4 Å². The van der Waals surface area contributed by atoms with Gasteiger partial charge in [-0.05, 0) is 38.5 Å². The summed E-state index contributed by atoms with van der Waals surface area (Å²) in [6.07, 6.45) is 1.84. The van der Waals surface area contributed by atoms with Gasteiger partial charge >= 0.3 is 0 Å². The van der Waals surface area contributed by atoms with Crippen molar-refractivity contribution in [2.75, 3.05) is 26.4 Å². The smallest absolute Gasteiger partial charge is 0.220 e. The van der Waals surface area contributed by atoms with Crippen molar-refractivity contribution in [2.45, 2.75) is 227 Å². The summed E-state index contributed by atoms with van der Waals surface area (Å²) in [6, 6.07) is -0.988. The van der Waals surface area contributed by atoms with E-state index in [9.17, 15) is 61.0 Å². The van der Waals surface area contributed by atoms with Gasteiger partial charge in [-0.2, -0.15) is 0 Å². The van der Waals surface area contributed by atoms with E-state index in [0.29, 0.717) is 12.8 Å². The Hall–Kier alpha value is -1.99. The summed E-state index contributed by atoms with van der Waals surface area (Å²) in [5.41, 5.74) is 0. The molecule has 66 heavy (non-hydrogen) atoms. The quantitative estimate of drug-likeness (QED) is 0.0325. The van der Waals surface area contributed by atoms with Gasteiger partial charge in [0.05, 0.1) is 38.6 Å². The van der Waals surface area contributed by atoms with Crippen molar-refractivity contribution in [3.63, 3.8) is 0 Å². The Morgan fingerprint density at radius 2 is 0.985 bits per heavy atom. The molecule has 19 nitrogen and oxygen atoms in total. The van der Waals surface area contributed by atoms with Crippen LogP contribution in [0.15, 0.2) is 36.5 Å². The van der Waals surface area contributed by atoms with Crippen molar-refractivity contribution in [1.29, 1.82) is 0 Å². The third kappa shape index (κ3) is 19.1. The number of amides is 1. The van der Waals surface area contributed by atoms with Crippen LogP contribution < -0.4 is 5.32 Å². The van der Waals surface area contributed by atoms with E-state index >= 15 is 0 Å². The van der Waals surface area contributed by atoms with E-state index in [1.165, 1.54) is 44.9 Å². The first-order chi connectivity index (χ1) is 31.8. The highest BCUT2D eigenvalue weighted by atomic mass is 16.8. The third-order valence-corrected chi connectivity index (χ3v) is 12.2. The topological polar surface area (TPSA) is 307 Å². The number of carbonyl (C=O) groups excluding carboxylic acids is 1. The second kappa shape index (κ2) is 32.8. The number of aliphatic hydroxyl groups excluding tert-OH is 11. The monoisotopic (exact) mass is 950 g/mol. The first kappa shape index (κ1) is 58.3. The predicted molar refractivity (Wildman–Crippen MR) is 240 cm³/mol. The number of carbonyl (C=O) groups is 1. The third-order valence-electron chi connectivity index (χ3n) is 12.2. The van der Waals surface area contributed by atoms with Crippen molar-refractivity contribution < 1.29 is 89.4 Å². The Labute approximate surface area is 390 Å². The lowest BCUT2D eigenvalue weighted by Gasteiger charge is -2.48. The van der Waals surface area contributed by atoms with Gasteiger partial charge in [-0.1, -0.05) is 115 Å². The van der Waals surface area contributed by atoms with Crippen molar-refractivity contribution >= 4 is 5.91 Å². The van der Waals surface area contributed by atoms with Crippen LogP contribution in [0.4, 0.5) is 0 Å². The summed E-state index contributed by atoms with van der Waals surface area (Å²) in [5.74, 6) is -0.297. The molecule has 0 aromatic rings. The lowest BCUT2D eigenvalue weighted by Crippen LogP contribution is -2.66. The molecule has 3 aliphatic heterocycles. The number of ether oxygens (including phenoxy) is 6. The molecule has 19 heteroatoms. The molecule has 12 N–H and O–H groups in total. The van der Waals surface area contributed by atoms with Crippen molar-refractivity contribution in [2.24, 2.45) is 0 Å². The molecule has 0 radical (unpaired) electrons. The molecule has 17 unspecified atom stereocenters. The molecule has 3 fully saturated rings. The van der Waals surface area contributed by atoms with Crippen LogP contribution in [0.5, 0.6) is 0 Å². The molecule has 0 saturated carbocycles. The molecule has 17 atom stereocenters. The molecule has 384 valence electrons. The van der Waals surface area contributed by atoms with E-state index in [0.717, 1.165) is 44.9 Å². The molecular weight excluding hydrogens is 867 g/mol. The van der Waals surface area contributed by atoms with Crippen molar-refractivity contribution in [1.82, 2.24) is 5.32 Å². The Kier molecular flexibility index (Phi) is 28.9. The molecule has 0 aromatic heterocycles. The summed E-state index contributed by atoms with van der Waals surface area (Å²) in [5, 5.41) is 119. The largest absolute Gasteiger partial charge is 0.394 e. The van der Waals surface area contributed by atoms with E-state index < -0.39 is 124 Å². The zero-order chi connectivity index (χ0) is 48.4. The van der Waals surface area contributed by atoms with Crippen LogP contribution in [-0.4, -0.2) is 193 Å². The van der Waals surface area contributed by atoms with E-state index in [1.807, 2.05) is 0 Å². The lowest BCUT2D eigenvalue weighted by atomic mass is 9.96. The maximum atomic E-state index is 13.1. The van der Waals surface area contributed by atoms with Crippen molar-refractivity contribution in [3.05, 3.63) is 36.5 Å². The Balaban J connectivity index is 1.60. The zero-order valence-corrected chi connectivity index (χ0v) is 38.9. The Morgan fingerprint density at radius 3 is 1.50 bits per heavy atom. The highest BCUT2D eigenvalue weighted by molar-refractivity contribution is 5.76. The van der Waals surface area contributed by atoms with E-state index in [-0.39, 0.29) is 18.9 Å². The molecule has 3 rings (SSSR count). The van der Waals surface area contributed by atoms with Crippen molar-refractivity contribution in [3.8, 4) is 0 Å². The molecule has 0 spiro atoms. The van der Waals surface area contributed by atoms with Gasteiger partial charge in [-0.25, -0.2) is 0 Å². The van der Waals surface area contributed by atoms with Gasteiger partial charge in [0.1, 0.15) is 73.2 Å². The van der Waals surface area contributed by atoms with Gasteiger partial charge in [-0.15, -0.1) is 0 Å². The highest BCUT2D eigenvalue weighted by Gasteiger charge is 2.53. The van der Waals surface area contributed by atoms with Crippen LogP contribution in [0.25, 0.3) is 0 Å². The number of unbranched alkanes of at least 4 members (excludes halogenated alkanes) is 12. The SMILES string of the molecule is CC/C=C/CC/C=C/CC/C=C/C(O)C(COC1OC(CO)C(OC2OC(CO)C(OC3OC(CO)C(O)C(O)C3O)C(O)C2O)C(O)C1O)NC(=O)CCCCCCCCCCCCC. The fraction of sp³-hybridized carbons (Fsp3) is 0.851. The van der Waals surface area contributed by atoms with Gasteiger partial charge in [0.2, 0.25) is 5.91 Å². The van der Waals surface area contributed by atoms with E-state index in [2.05, 4.69) is 43.5 Å². The minimum absolute atomic E-state index is 0.233. The minimum Gasteiger partial charge on any atom is -0.394 e. The molecule has 0 aromatic carbocycles. The zero-order valence-electron chi connectivity index (χ0n) is 38.9.